The van der Waals surface area contributed by atoms with E-state index in [0.29, 0.717) is 0 Å². The number of hydrogen-bond donors (Lipinski definition) is 2. The molecule has 0 bridgehead atoms. The fourth-order valence-corrected chi connectivity index (χ4v) is 1.77. The number of carboxylic acid groups (broad SMARTS) is 1. The van der Waals surface area contributed by atoms with E-state index in [-0.39, 0.29) is 30.3 Å². The minimum absolute atomic E-state index is 0.00571. The third kappa shape index (κ3) is 4.31. The summed E-state index contributed by atoms with van der Waals surface area (Å²) in [6.45, 7) is -0.0610. The highest BCUT2D eigenvalue weighted by molar-refractivity contribution is 5.91. The molecule has 0 aromatic heterocycles. The number of ether oxygens (including phenoxy) is 1. The summed E-state index contributed by atoms with van der Waals surface area (Å²) >= 11 is 0. The van der Waals surface area contributed by atoms with Gasteiger partial charge in [0.25, 0.3) is 5.91 Å². The fraction of sp³-hybridized carbons (Fsp3) is 0.125. The van der Waals surface area contributed by atoms with Gasteiger partial charge in [-0.3, -0.25) is 4.79 Å². The zero-order valence-electron chi connectivity index (χ0n) is 11.6. The first-order valence-electron chi connectivity index (χ1n) is 6.52. The Hall–Kier alpha value is -2.89. The molecule has 0 unspecified atom stereocenters. The molecule has 0 aliphatic carbocycles. The number of hydrogen-bond acceptors (Lipinski definition) is 3. The van der Waals surface area contributed by atoms with Gasteiger partial charge in [0, 0.05) is 6.54 Å². The number of amides is 1. The quantitative estimate of drug-likeness (QED) is 0.858. The molecule has 0 saturated carbocycles. The normalized spacial score (nSPS) is 10.0. The third-order valence-corrected chi connectivity index (χ3v) is 2.88. The molecule has 0 fully saturated rings. The lowest BCUT2D eigenvalue weighted by atomic mass is 10.2. The number of aromatic carboxylic acids is 1. The highest BCUT2D eigenvalue weighted by Crippen LogP contribution is 2.17. The Morgan fingerprint density at radius 2 is 1.77 bits per heavy atom. The van der Waals surface area contributed by atoms with Crippen LogP contribution in [-0.4, -0.2) is 23.6 Å². The Bertz CT molecular complexity index is 670. The number of halogens is 1. The SMILES string of the molecule is O=C(COc1ccccc1C(=O)O)NCc1ccc(F)cc1. The first-order valence-corrected chi connectivity index (χ1v) is 6.52. The summed E-state index contributed by atoms with van der Waals surface area (Å²) < 4.78 is 18.0. The predicted octanol–water partition coefficient (Wildman–Crippen LogP) is 2.22. The first-order chi connectivity index (χ1) is 10.6. The third-order valence-electron chi connectivity index (χ3n) is 2.88. The first kappa shape index (κ1) is 15.5. The van der Waals surface area contributed by atoms with Crippen LogP contribution in [0.15, 0.2) is 48.5 Å². The number of benzene rings is 2. The fourth-order valence-electron chi connectivity index (χ4n) is 1.77. The highest BCUT2D eigenvalue weighted by atomic mass is 19.1. The summed E-state index contributed by atoms with van der Waals surface area (Å²) in [7, 11) is 0. The van der Waals surface area contributed by atoms with Gasteiger partial charge in [0.05, 0.1) is 0 Å². The van der Waals surface area contributed by atoms with Crippen LogP contribution in [-0.2, 0) is 11.3 Å². The van der Waals surface area contributed by atoms with Crippen LogP contribution in [0.25, 0.3) is 0 Å². The summed E-state index contributed by atoms with van der Waals surface area (Å²) in [5.74, 6) is -1.73. The summed E-state index contributed by atoms with van der Waals surface area (Å²) in [6.07, 6.45) is 0. The predicted molar refractivity (Wildman–Crippen MR) is 77.1 cm³/mol. The Balaban J connectivity index is 1.85. The van der Waals surface area contributed by atoms with Crippen LogP contribution in [0.1, 0.15) is 15.9 Å². The Morgan fingerprint density at radius 3 is 2.45 bits per heavy atom. The van der Waals surface area contributed by atoms with E-state index in [9.17, 15) is 14.0 Å². The Morgan fingerprint density at radius 1 is 1.09 bits per heavy atom. The van der Waals surface area contributed by atoms with Gasteiger partial charge < -0.3 is 15.2 Å². The molecule has 0 atom stereocenters. The van der Waals surface area contributed by atoms with Crippen LogP contribution < -0.4 is 10.1 Å². The molecule has 0 aliphatic heterocycles. The number of carboxylic acids is 1. The molecule has 0 spiro atoms. The van der Waals surface area contributed by atoms with Crippen molar-refractivity contribution in [1.29, 1.82) is 0 Å². The molecule has 0 heterocycles. The minimum atomic E-state index is -1.12. The minimum Gasteiger partial charge on any atom is -0.483 e. The Labute approximate surface area is 126 Å². The zero-order valence-corrected chi connectivity index (χ0v) is 11.6. The second-order valence-corrected chi connectivity index (χ2v) is 4.49. The number of carbonyl (C=O) groups excluding carboxylic acids is 1. The van der Waals surface area contributed by atoms with Gasteiger partial charge in [0.1, 0.15) is 17.1 Å². The smallest absolute Gasteiger partial charge is 0.339 e. The number of carbonyl (C=O) groups is 2. The monoisotopic (exact) mass is 303 g/mol. The van der Waals surface area contributed by atoms with Crippen molar-refractivity contribution < 1.29 is 23.8 Å². The molecular formula is C16H14FNO4. The second kappa shape index (κ2) is 7.21. The van der Waals surface area contributed by atoms with E-state index in [1.165, 1.54) is 24.3 Å². The molecule has 0 aliphatic rings. The number of para-hydroxylation sites is 1. The maximum Gasteiger partial charge on any atom is 0.339 e. The van der Waals surface area contributed by atoms with Gasteiger partial charge in [0.2, 0.25) is 0 Å². The largest absolute Gasteiger partial charge is 0.483 e. The molecule has 114 valence electrons. The Kier molecular flexibility index (Phi) is 5.08. The van der Waals surface area contributed by atoms with Gasteiger partial charge in [-0.1, -0.05) is 24.3 Å². The van der Waals surface area contributed by atoms with Gasteiger partial charge in [-0.15, -0.1) is 0 Å². The van der Waals surface area contributed by atoms with Crippen molar-refractivity contribution in [3.63, 3.8) is 0 Å². The maximum absolute atomic E-state index is 12.7. The van der Waals surface area contributed by atoms with Gasteiger partial charge in [-0.2, -0.15) is 0 Å². The van der Waals surface area contributed by atoms with Crippen LogP contribution in [0.3, 0.4) is 0 Å². The van der Waals surface area contributed by atoms with E-state index < -0.39 is 11.9 Å². The van der Waals surface area contributed by atoms with Crippen molar-refractivity contribution in [2.45, 2.75) is 6.54 Å². The van der Waals surface area contributed by atoms with Crippen LogP contribution in [0.2, 0.25) is 0 Å². The van der Waals surface area contributed by atoms with Gasteiger partial charge in [0.15, 0.2) is 6.61 Å². The van der Waals surface area contributed by atoms with Gasteiger partial charge in [-0.05, 0) is 29.8 Å². The average molecular weight is 303 g/mol. The molecule has 2 N–H and O–H groups in total. The van der Waals surface area contributed by atoms with Crippen molar-refractivity contribution in [3.8, 4) is 5.75 Å². The standard InChI is InChI=1S/C16H14FNO4/c17-12-7-5-11(6-8-12)9-18-15(19)10-22-14-4-2-1-3-13(14)16(20)21/h1-8H,9-10H2,(H,18,19)(H,20,21). The second-order valence-electron chi connectivity index (χ2n) is 4.49. The van der Waals surface area contributed by atoms with Crippen molar-refractivity contribution in [2.24, 2.45) is 0 Å². The number of rotatable bonds is 6. The van der Waals surface area contributed by atoms with Gasteiger partial charge >= 0.3 is 5.97 Å². The molecule has 2 aromatic rings. The topological polar surface area (TPSA) is 75.6 Å². The summed E-state index contributed by atoms with van der Waals surface area (Å²) in [5.41, 5.74) is 0.745. The van der Waals surface area contributed by atoms with E-state index in [1.807, 2.05) is 0 Å². The van der Waals surface area contributed by atoms with E-state index in [1.54, 1.807) is 24.3 Å². The molecule has 0 saturated heterocycles. The van der Waals surface area contributed by atoms with Crippen LogP contribution in [0.5, 0.6) is 5.75 Å². The van der Waals surface area contributed by atoms with E-state index in [0.717, 1.165) is 5.56 Å². The lowest BCUT2D eigenvalue weighted by Crippen LogP contribution is -2.28. The maximum atomic E-state index is 12.7. The van der Waals surface area contributed by atoms with Crippen molar-refractivity contribution in [2.75, 3.05) is 6.61 Å². The van der Waals surface area contributed by atoms with Gasteiger partial charge in [-0.25, -0.2) is 9.18 Å². The van der Waals surface area contributed by atoms with Crippen LogP contribution >= 0.6 is 0 Å². The zero-order chi connectivity index (χ0) is 15.9. The van der Waals surface area contributed by atoms with Crippen molar-refractivity contribution in [3.05, 3.63) is 65.5 Å². The summed E-state index contributed by atoms with van der Waals surface area (Å²) in [6, 6.07) is 11.8. The van der Waals surface area contributed by atoms with Crippen molar-refractivity contribution >= 4 is 11.9 Å². The average Bonchev–Trinajstić information content (AvgIpc) is 2.52. The van der Waals surface area contributed by atoms with E-state index in [4.69, 9.17) is 9.84 Å². The molecule has 2 aromatic carbocycles. The molecular weight excluding hydrogens is 289 g/mol. The molecule has 0 radical (unpaired) electrons. The molecule has 5 nitrogen and oxygen atoms in total. The number of nitrogens with one attached hydrogen (secondary N) is 1. The van der Waals surface area contributed by atoms with E-state index in [2.05, 4.69) is 5.32 Å². The summed E-state index contributed by atoms with van der Waals surface area (Å²) in [4.78, 5) is 22.7. The lowest BCUT2D eigenvalue weighted by molar-refractivity contribution is -0.123. The highest BCUT2D eigenvalue weighted by Gasteiger charge is 2.11. The van der Waals surface area contributed by atoms with Crippen LogP contribution in [0, 0.1) is 5.82 Å². The lowest BCUT2D eigenvalue weighted by Gasteiger charge is -2.09. The molecule has 1 amide bonds. The molecule has 2 rings (SSSR count). The van der Waals surface area contributed by atoms with E-state index >= 15 is 0 Å². The summed E-state index contributed by atoms with van der Waals surface area (Å²) in [5, 5.41) is 11.6. The van der Waals surface area contributed by atoms with Crippen LogP contribution in [0.4, 0.5) is 4.39 Å². The molecule has 22 heavy (non-hydrogen) atoms. The van der Waals surface area contributed by atoms with Crippen molar-refractivity contribution in [1.82, 2.24) is 5.32 Å². The molecule has 6 heteroatoms.